The molecular weight excluding hydrogens is 396 g/mol. The number of hydrogen-bond acceptors (Lipinski definition) is 5. The Labute approximate surface area is 180 Å². The monoisotopic (exact) mass is 420 g/mol. The molecule has 3 aromatic rings. The van der Waals surface area contributed by atoms with Crippen LogP contribution in [0.1, 0.15) is 26.4 Å². The van der Waals surface area contributed by atoms with Gasteiger partial charge in [0.1, 0.15) is 12.4 Å². The third-order valence-corrected chi connectivity index (χ3v) is 6.74. The van der Waals surface area contributed by atoms with Gasteiger partial charge in [0.05, 0.1) is 18.1 Å². The SMILES string of the molecule is O=C(NCc1ccc(CN2CCOCC2)cc1)c1cc2c(s1)-c1ccccc1OC2. The Kier molecular flexibility index (Phi) is 5.53. The van der Waals surface area contributed by atoms with E-state index >= 15 is 0 Å². The molecule has 2 aliphatic rings. The molecule has 6 heteroatoms. The van der Waals surface area contributed by atoms with Gasteiger partial charge in [0.15, 0.2) is 0 Å². The number of morpholine rings is 1. The van der Waals surface area contributed by atoms with Crippen LogP contribution in [0.2, 0.25) is 0 Å². The van der Waals surface area contributed by atoms with Crippen molar-refractivity contribution in [3.8, 4) is 16.2 Å². The summed E-state index contributed by atoms with van der Waals surface area (Å²) in [5.41, 5.74) is 4.54. The molecule has 0 saturated carbocycles. The number of hydrogen-bond donors (Lipinski definition) is 1. The molecule has 0 unspecified atom stereocenters. The van der Waals surface area contributed by atoms with Crippen molar-refractivity contribution in [3.05, 3.63) is 76.2 Å². The molecule has 1 amide bonds. The van der Waals surface area contributed by atoms with E-state index in [1.807, 2.05) is 30.3 Å². The van der Waals surface area contributed by atoms with Crippen LogP contribution in [0.15, 0.2) is 54.6 Å². The zero-order valence-corrected chi connectivity index (χ0v) is 17.5. The van der Waals surface area contributed by atoms with Gasteiger partial charge >= 0.3 is 0 Å². The van der Waals surface area contributed by atoms with Gasteiger partial charge in [-0.2, -0.15) is 0 Å². The van der Waals surface area contributed by atoms with Crippen LogP contribution in [-0.4, -0.2) is 37.1 Å². The van der Waals surface area contributed by atoms with Gasteiger partial charge in [0.2, 0.25) is 0 Å². The molecule has 3 heterocycles. The van der Waals surface area contributed by atoms with Crippen LogP contribution in [0, 0.1) is 0 Å². The molecule has 0 radical (unpaired) electrons. The molecule has 1 aromatic heterocycles. The normalized spacial score (nSPS) is 15.7. The number of amides is 1. The number of rotatable bonds is 5. The number of nitrogens with zero attached hydrogens (tertiary/aromatic N) is 1. The maximum Gasteiger partial charge on any atom is 0.261 e. The van der Waals surface area contributed by atoms with E-state index in [4.69, 9.17) is 9.47 Å². The van der Waals surface area contributed by atoms with Crippen molar-refractivity contribution in [2.45, 2.75) is 19.7 Å². The minimum Gasteiger partial charge on any atom is -0.488 e. The van der Waals surface area contributed by atoms with E-state index in [9.17, 15) is 4.79 Å². The number of carbonyl (C=O) groups is 1. The maximum absolute atomic E-state index is 12.7. The van der Waals surface area contributed by atoms with Gasteiger partial charge in [0, 0.05) is 42.2 Å². The second kappa shape index (κ2) is 8.60. The summed E-state index contributed by atoms with van der Waals surface area (Å²) in [4.78, 5) is 17.0. The van der Waals surface area contributed by atoms with E-state index in [1.165, 1.54) is 16.9 Å². The lowest BCUT2D eigenvalue weighted by Crippen LogP contribution is -2.35. The van der Waals surface area contributed by atoms with Gasteiger partial charge in [-0.25, -0.2) is 0 Å². The van der Waals surface area contributed by atoms with Crippen LogP contribution >= 0.6 is 11.3 Å². The summed E-state index contributed by atoms with van der Waals surface area (Å²) in [5, 5.41) is 3.05. The second-order valence-electron chi connectivity index (χ2n) is 7.64. The second-order valence-corrected chi connectivity index (χ2v) is 8.69. The fourth-order valence-electron chi connectivity index (χ4n) is 3.86. The number of para-hydroxylation sites is 1. The number of thiophene rings is 1. The predicted molar refractivity (Wildman–Crippen MR) is 118 cm³/mol. The number of carbonyl (C=O) groups excluding carboxylic acids is 1. The van der Waals surface area contributed by atoms with Crippen LogP contribution in [0.4, 0.5) is 0 Å². The van der Waals surface area contributed by atoms with Crippen LogP contribution in [0.25, 0.3) is 10.4 Å². The highest BCUT2D eigenvalue weighted by Crippen LogP contribution is 2.42. The Morgan fingerprint density at radius 1 is 1.03 bits per heavy atom. The van der Waals surface area contributed by atoms with E-state index in [0.29, 0.717) is 13.2 Å². The van der Waals surface area contributed by atoms with Crippen molar-refractivity contribution in [1.82, 2.24) is 10.2 Å². The lowest BCUT2D eigenvalue weighted by atomic mass is 10.1. The molecule has 1 fully saturated rings. The average molecular weight is 421 g/mol. The van der Waals surface area contributed by atoms with Gasteiger partial charge in [-0.1, -0.05) is 36.4 Å². The summed E-state index contributed by atoms with van der Waals surface area (Å²) < 4.78 is 11.2. The largest absolute Gasteiger partial charge is 0.488 e. The lowest BCUT2D eigenvalue weighted by Gasteiger charge is -2.26. The number of ether oxygens (including phenoxy) is 2. The fraction of sp³-hybridized carbons (Fsp3) is 0.292. The van der Waals surface area contributed by atoms with E-state index in [-0.39, 0.29) is 5.91 Å². The molecule has 154 valence electrons. The minimum absolute atomic E-state index is 0.0377. The molecule has 2 aliphatic heterocycles. The summed E-state index contributed by atoms with van der Waals surface area (Å²) in [6.07, 6.45) is 0. The molecule has 5 rings (SSSR count). The van der Waals surface area contributed by atoms with Crippen LogP contribution in [-0.2, 0) is 24.4 Å². The molecule has 5 nitrogen and oxygen atoms in total. The third kappa shape index (κ3) is 4.12. The van der Waals surface area contributed by atoms with Gasteiger partial charge in [-0.3, -0.25) is 9.69 Å². The van der Waals surface area contributed by atoms with Crippen LogP contribution in [0.3, 0.4) is 0 Å². The van der Waals surface area contributed by atoms with E-state index < -0.39 is 0 Å². The van der Waals surface area contributed by atoms with E-state index in [1.54, 1.807) is 0 Å². The average Bonchev–Trinajstić information content (AvgIpc) is 3.24. The van der Waals surface area contributed by atoms with Crippen molar-refractivity contribution in [3.63, 3.8) is 0 Å². The van der Waals surface area contributed by atoms with Gasteiger partial charge in [-0.05, 0) is 29.3 Å². The van der Waals surface area contributed by atoms with Gasteiger partial charge < -0.3 is 14.8 Å². The smallest absolute Gasteiger partial charge is 0.261 e. The Morgan fingerprint density at radius 2 is 1.80 bits per heavy atom. The first-order valence-corrected chi connectivity index (χ1v) is 11.1. The molecule has 0 bridgehead atoms. The minimum atomic E-state index is -0.0377. The Bertz CT molecular complexity index is 1040. The molecule has 1 N–H and O–H groups in total. The predicted octanol–water partition coefficient (Wildman–Crippen LogP) is 4.07. The summed E-state index contributed by atoms with van der Waals surface area (Å²) in [5.74, 6) is 0.847. The lowest BCUT2D eigenvalue weighted by molar-refractivity contribution is 0.0342. The highest BCUT2D eigenvalue weighted by Gasteiger charge is 2.22. The maximum atomic E-state index is 12.7. The first-order chi connectivity index (χ1) is 14.8. The zero-order valence-electron chi connectivity index (χ0n) is 16.7. The van der Waals surface area contributed by atoms with Crippen molar-refractivity contribution in [2.75, 3.05) is 26.3 Å². The number of nitrogens with one attached hydrogen (secondary N) is 1. The van der Waals surface area contributed by atoms with Crippen LogP contribution in [0.5, 0.6) is 5.75 Å². The summed E-state index contributed by atoms with van der Waals surface area (Å²) in [7, 11) is 0. The van der Waals surface area contributed by atoms with Crippen molar-refractivity contribution in [2.24, 2.45) is 0 Å². The first-order valence-electron chi connectivity index (χ1n) is 10.3. The summed E-state index contributed by atoms with van der Waals surface area (Å²) in [6, 6.07) is 18.4. The van der Waals surface area contributed by atoms with Crippen molar-refractivity contribution < 1.29 is 14.3 Å². The number of fused-ring (bicyclic) bond motifs is 3. The quantitative estimate of drug-likeness (QED) is 0.676. The van der Waals surface area contributed by atoms with E-state index in [0.717, 1.165) is 65.0 Å². The zero-order chi connectivity index (χ0) is 20.3. The molecule has 1 saturated heterocycles. The third-order valence-electron chi connectivity index (χ3n) is 5.53. The Hall–Kier alpha value is -2.67. The summed E-state index contributed by atoms with van der Waals surface area (Å²) in [6.45, 7) is 5.57. The molecule has 30 heavy (non-hydrogen) atoms. The highest BCUT2D eigenvalue weighted by atomic mass is 32.1. The summed E-state index contributed by atoms with van der Waals surface area (Å²) >= 11 is 1.54. The van der Waals surface area contributed by atoms with Gasteiger partial charge in [-0.15, -0.1) is 11.3 Å². The Balaban J connectivity index is 1.20. The van der Waals surface area contributed by atoms with Gasteiger partial charge in [0.25, 0.3) is 5.91 Å². The van der Waals surface area contributed by atoms with Crippen LogP contribution < -0.4 is 10.1 Å². The fourth-order valence-corrected chi connectivity index (χ4v) is 4.97. The standard InChI is InChI=1S/C24H24N2O3S/c27-24(22-13-19-16-29-21-4-2-1-3-20(21)23(19)30-22)25-14-17-5-7-18(8-6-17)15-26-9-11-28-12-10-26/h1-8,13H,9-12,14-16H2,(H,25,27). The molecule has 0 spiro atoms. The van der Waals surface area contributed by atoms with Crippen molar-refractivity contribution >= 4 is 17.2 Å². The molecule has 0 atom stereocenters. The molecular formula is C24H24N2O3S. The van der Waals surface area contributed by atoms with Crippen molar-refractivity contribution in [1.29, 1.82) is 0 Å². The Morgan fingerprint density at radius 3 is 2.63 bits per heavy atom. The topological polar surface area (TPSA) is 50.8 Å². The first kappa shape index (κ1) is 19.3. The molecule has 0 aliphatic carbocycles. The molecule has 2 aromatic carbocycles. The number of benzene rings is 2. The van der Waals surface area contributed by atoms with E-state index in [2.05, 4.69) is 34.5 Å². The highest BCUT2D eigenvalue weighted by molar-refractivity contribution is 7.17.